The van der Waals surface area contributed by atoms with E-state index in [-0.39, 0.29) is 6.10 Å². The van der Waals surface area contributed by atoms with Crippen molar-refractivity contribution in [3.8, 4) is 11.8 Å². The van der Waals surface area contributed by atoms with Gasteiger partial charge in [0.1, 0.15) is 17.4 Å². The van der Waals surface area contributed by atoms with E-state index >= 15 is 0 Å². The molecule has 0 spiro atoms. The van der Waals surface area contributed by atoms with Crippen molar-refractivity contribution in [2.75, 3.05) is 7.05 Å². The van der Waals surface area contributed by atoms with Crippen LogP contribution in [-0.4, -0.2) is 18.9 Å². The molecule has 4 nitrogen and oxygen atoms in total. The van der Waals surface area contributed by atoms with Crippen molar-refractivity contribution in [1.29, 1.82) is 5.26 Å². The Hall–Kier alpha value is -1.80. The molecule has 0 atom stereocenters. The molecule has 2 rings (SSSR count). The fourth-order valence-electron chi connectivity index (χ4n) is 2.05. The molecular formula is C15H16BrN3O. The summed E-state index contributed by atoms with van der Waals surface area (Å²) in [6, 6.07) is 7.76. The molecule has 0 bridgehead atoms. The second-order valence-corrected chi connectivity index (χ2v) is 5.40. The lowest BCUT2D eigenvalue weighted by Crippen LogP contribution is -2.25. The number of benzene rings is 1. The standard InChI is InChI=1S/C15H16BrN3O/c1-19-15(13(16)9-18)11-6-3-7-14(12(11)8-17)20-10-4-2-5-10/h3,6-7,9-10H,2,4-5,18H2,1H3/b13-9+,19-15?. The van der Waals surface area contributed by atoms with E-state index in [1.807, 2.05) is 18.2 Å². The van der Waals surface area contributed by atoms with Gasteiger partial charge in [0.15, 0.2) is 0 Å². The van der Waals surface area contributed by atoms with Gasteiger partial charge in [0.25, 0.3) is 0 Å². The molecule has 0 aliphatic heterocycles. The zero-order valence-corrected chi connectivity index (χ0v) is 12.9. The molecule has 0 amide bonds. The molecule has 104 valence electrons. The number of rotatable bonds is 4. The number of allylic oxidation sites excluding steroid dienone is 1. The average molecular weight is 334 g/mol. The van der Waals surface area contributed by atoms with E-state index in [4.69, 9.17) is 10.5 Å². The zero-order valence-electron chi connectivity index (χ0n) is 11.3. The number of halogens is 1. The fraction of sp³-hybridized carbons (Fsp3) is 0.333. The van der Waals surface area contributed by atoms with Gasteiger partial charge in [-0.1, -0.05) is 12.1 Å². The molecule has 5 heteroatoms. The summed E-state index contributed by atoms with van der Waals surface area (Å²) in [4.78, 5) is 4.21. The lowest BCUT2D eigenvalue weighted by Gasteiger charge is -2.27. The summed E-state index contributed by atoms with van der Waals surface area (Å²) < 4.78 is 6.53. The molecule has 0 saturated heterocycles. The summed E-state index contributed by atoms with van der Waals surface area (Å²) in [5, 5.41) is 9.45. The molecular weight excluding hydrogens is 318 g/mol. The third kappa shape index (κ3) is 2.86. The normalized spacial score (nSPS) is 16.4. The van der Waals surface area contributed by atoms with Crippen molar-refractivity contribution >= 4 is 21.6 Å². The molecule has 1 aliphatic carbocycles. The lowest BCUT2D eigenvalue weighted by atomic mass is 9.95. The third-order valence-electron chi connectivity index (χ3n) is 3.34. The first-order valence-corrected chi connectivity index (χ1v) is 7.25. The topological polar surface area (TPSA) is 71.4 Å². The molecule has 0 unspecified atom stereocenters. The average Bonchev–Trinajstić information content (AvgIpc) is 2.43. The van der Waals surface area contributed by atoms with E-state index in [0.29, 0.717) is 21.5 Å². The molecule has 0 heterocycles. The maximum Gasteiger partial charge on any atom is 0.138 e. The Morgan fingerprint density at radius 2 is 2.30 bits per heavy atom. The number of hydrogen-bond donors (Lipinski definition) is 1. The van der Waals surface area contributed by atoms with Gasteiger partial charge in [-0.05, 0) is 41.3 Å². The van der Waals surface area contributed by atoms with Crippen LogP contribution < -0.4 is 10.5 Å². The van der Waals surface area contributed by atoms with Crippen LogP contribution in [0.2, 0.25) is 0 Å². The van der Waals surface area contributed by atoms with Gasteiger partial charge in [-0.3, -0.25) is 4.99 Å². The second kappa shape index (κ2) is 6.58. The molecule has 1 aromatic rings. The zero-order chi connectivity index (χ0) is 14.5. The Morgan fingerprint density at radius 1 is 1.55 bits per heavy atom. The smallest absolute Gasteiger partial charge is 0.138 e. The van der Waals surface area contributed by atoms with Gasteiger partial charge < -0.3 is 10.5 Å². The van der Waals surface area contributed by atoms with Crippen molar-refractivity contribution < 1.29 is 4.74 Å². The van der Waals surface area contributed by atoms with Crippen molar-refractivity contribution in [3.05, 3.63) is 40.0 Å². The SMILES string of the molecule is CN=C(/C(Br)=C\N)c1cccc(OC2CCC2)c1C#N. The predicted molar refractivity (Wildman–Crippen MR) is 83.1 cm³/mol. The first kappa shape index (κ1) is 14.6. The Kier molecular flexibility index (Phi) is 4.80. The lowest BCUT2D eigenvalue weighted by molar-refractivity contribution is 0.120. The Labute approximate surface area is 127 Å². The number of ether oxygens (including phenoxy) is 1. The molecule has 0 aromatic heterocycles. The van der Waals surface area contributed by atoms with E-state index in [1.165, 1.54) is 12.6 Å². The summed E-state index contributed by atoms with van der Waals surface area (Å²) in [6.45, 7) is 0. The molecule has 20 heavy (non-hydrogen) atoms. The highest BCUT2D eigenvalue weighted by atomic mass is 79.9. The van der Waals surface area contributed by atoms with Crippen LogP contribution in [0.1, 0.15) is 30.4 Å². The van der Waals surface area contributed by atoms with E-state index < -0.39 is 0 Å². The van der Waals surface area contributed by atoms with Gasteiger partial charge in [0.05, 0.1) is 16.3 Å². The van der Waals surface area contributed by atoms with Crippen molar-refractivity contribution in [2.24, 2.45) is 10.7 Å². The maximum atomic E-state index is 9.45. The Balaban J connectivity index is 2.43. The largest absolute Gasteiger partial charge is 0.489 e. The molecule has 0 radical (unpaired) electrons. The van der Waals surface area contributed by atoms with Gasteiger partial charge >= 0.3 is 0 Å². The third-order valence-corrected chi connectivity index (χ3v) is 3.98. The highest BCUT2D eigenvalue weighted by Gasteiger charge is 2.22. The van der Waals surface area contributed by atoms with Gasteiger partial charge in [-0.25, -0.2) is 0 Å². The van der Waals surface area contributed by atoms with Crippen molar-refractivity contribution in [1.82, 2.24) is 0 Å². The number of nitrogens with two attached hydrogens (primary N) is 1. The van der Waals surface area contributed by atoms with Crippen LogP contribution in [0, 0.1) is 11.3 Å². The minimum atomic E-state index is 0.229. The highest BCUT2D eigenvalue weighted by molar-refractivity contribution is 9.12. The first-order chi connectivity index (χ1) is 9.71. The van der Waals surface area contributed by atoms with E-state index in [0.717, 1.165) is 18.4 Å². The van der Waals surface area contributed by atoms with Crippen LogP contribution in [-0.2, 0) is 0 Å². The molecule has 1 fully saturated rings. The van der Waals surface area contributed by atoms with Gasteiger partial charge in [0.2, 0.25) is 0 Å². The monoisotopic (exact) mass is 333 g/mol. The van der Waals surface area contributed by atoms with Gasteiger partial charge in [0, 0.05) is 18.8 Å². The van der Waals surface area contributed by atoms with Crippen molar-refractivity contribution in [3.63, 3.8) is 0 Å². The van der Waals surface area contributed by atoms with Crippen molar-refractivity contribution in [2.45, 2.75) is 25.4 Å². The van der Waals surface area contributed by atoms with Gasteiger partial charge in [-0.15, -0.1) is 0 Å². The summed E-state index contributed by atoms with van der Waals surface area (Å²) >= 11 is 3.36. The summed E-state index contributed by atoms with van der Waals surface area (Å²) in [5.41, 5.74) is 7.39. The number of hydrogen-bond acceptors (Lipinski definition) is 4. The number of nitrogens with zero attached hydrogens (tertiary/aromatic N) is 2. The van der Waals surface area contributed by atoms with Crippen LogP contribution in [0.25, 0.3) is 0 Å². The number of nitriles is 1. The fourth-order valence-corrected chi connectivity index (χ4v) is 2.44. The van der Waals surface area contributed by atoms with Crippen LogP contribution in [0.15, 0.2) is 33.9 Å². The molecule has 1 saturated carbocycles. The summed E-state index contributed by atoms with van der Waals surface area (Å²) in [6.07, 6.45) is 4.94. The van der Waals surface area contributed by atoms with Crippen LogP contribution in [0.3, 0.4) is 0 Å². The number of aliphatic imine (C=N–C) groups is 1. The van der Waals surface area contributed by atoms with E-state index in [9.17, 15) is 5.26 Å². The first-order valence-electron chi connectivity index (χ1n) is 6.46. The predicted octanol–water partition coefficient (Wildman–Crippen LogP) is 3.10. The van der Waals surface area contributed by atoms with Crippen LogP contribution in [0.5, 0.6) is 5.75 Å². The van der Waals surface area contributed by atoms with E-state index in [1.54, 1.807) is 7.05 Å². The van der Waals surface area contributed by atoms with Crippen LogP contribution in [0.4, 0.5) is 0 Å². The van der Waals surface area contributed by atoms with Crippen LogP contribution >= 0.6 is 15.9 Å². The Morgan fingerprint density at radius 3 is 2.80 bits per heavy atom. The quantitative estimate of drug-likeness (QED) is 0.860. The molecule has 1 aliphatic rings. The summed E-state index contributed by atoms with van der Waals surface area (Å²) in [7, 11) is 1.67. The second-order valence-electron chi connectivity index (χ2n) is 4.55. The van der Waals surface area contributed by atoms with Gasteiger partial charge in [-0.2, -0.15) is 5.26 Å². The highest BCUT2D eigenvalue weighted by Crippen LogP contribution is 2.30. The maximum absolute atomic E-state index is 9.45. The van der Waals surface area contributed by atoms with E-state index in [2.05, 4.69) is 27.0 Å². The summed E-state index contributed by atoms with van der Waals surface area (Å²) in [5.74, 6) is 0.619. The molecule has 1 aromatic carbocycles. The minimum absolute atomic E-state index is 0.229. The Bertz CT molecular complexity index is 598. The molecule has 2 N–H and O–H groups in total. The minimum Gasteiger partial charge on any atom is -0.489 e.